The van der Waals surface area contributed by atoms with Crippen LogP contribution in [0.15, 0.2) is 6.20 Å². The van der Waals surface area contributed by atoms with Crippen LogP contribution in [-0.4, -0.2) is 41.0 Å². The lowest BCUT2D eigenvalue weighted by Gasteiger charge is -2.19. The Morgan fingerprint density at radius 2 is 2.31 bits per heavy atom. The molecule has 16 heavy (non-hydrogen) atoms. The van der Waals surface area contributed by atoms with E-state index in [1.54, 1.807) is 0 Å². The van der Waals surface area contributed by atoms with Crippen LogP contribution < -0.4 is 0 Å². The zero-order valence-electron chi connectivity index (χ0n) is 8.51. The molecular weight excluding hydrogens is 232 g/mol. The topological polar surface area (TPSA) is 100 Å². The molecule has 0 bridgehead atoms. The summed E-state index contributed by atoms with van der Waals surface area (Å²) in [6.45, 7) is 0. The summed E-state index contributed by atoms with van der Waals surface area (Å²) in [6.07, 6.45) is 2.56. The van der Waals surface area contributed by atoms with Crippen molar-refractivity contribution in [3.8, 4) is 0 Å². The zero-order chi connectivity index (χ0) is 11.8. The van der Waals surface area contributed by atoms with Crippen molar-refractivity contribution in [1.29, 1.82) is 0 Å². The summed E-state index contributed by atoms with van der Waals surface area (Å²) >= 11 is 0. The third-order valence-electron chi connectivity index (χ3n) is 2.68. The van der Waals surface area contributed by atoms with Crippen molar-refractivity contribution in [1.82, 2.24) is 9.97 Å². The molecule has 1 aliphatic rings. The van der Waals surface area contributed by atoms with Crippen LogP contribution in [0, 0.1) is 0 Å². The maximum atomic E-state index is 11.4. The van der Waals surface area contributed by atoms with Crippen molar-refractivity contribution in [3.63, 3.8) is 0 Å². The van der Waals surface area contributed by atoms with Crippen LogP contribution in [0.3, 0.4) is 0 Å². The Morgan fingerprint density at radius 3 is 2.88 bits per heavy atom. The summed E-state index contributed by atoms with van der Waals surface area (Å²) in [6, 6.07) is 0. The highest BCUT2D eigenvalue weighted by molar-refractivity contribution is 7.91. The van der Waals surface area contributed by atoms with E-state index in [-0.39, 0.29) is 23.1 Å². The van der Waals surface area contributed by atoms with Gasteiger partial charge in [0.2, 0.25) is 0 Å². The van der Waals surface area contributed by atoms with E-state index in [0.717, 1.165) is 6.42 Å². The van der Waals surface area contributed by atoms with Gasteiger partial charge in [-0.25, -0.2) is 18.2 Å². The predicted molar refractivity (Wildman–Crippen MR) is 56.2 cm³/mol. The van der Waals surface area contributed by atoms with E-state index in [0.29, 0.717) is 12.2 Å². The number of rotatable bonds is 2. The second-order valence-corrected chi connectivity index (χ2v) is 6.17. The van der Waals surface area contributed by atoms with Crippen molar-refractivity contribution >= 4 is 15.8 Å². The van der Waals surface area contributed by atoms with Crippen molar-refractivity contribution < 1.29 is 18.3 Å². The fourth-order valence-corrected chi connectivity index (χ4v) is 3.60. The quantitative estimate of drug-likeness (QED) is 0.784. The summed E-state index contributed by atoms with van der Waals surface area (Å²) in [5.74, 6) is -0.555. The highest BCUT2D eigenvalue weighted by Gasteiger charge is 2.28. The molecule has 1 saturated heterocycles. The predicted octanol–water partition coefficient (Wildman–Crippen LogP) is 0.400. The van der Waals surface area contributed by atoms with E-state index in [1.165, 1.54) is 6.20 Å². The van der Waals surface area contributed by atoms with Gasteiger partial charge in [0.05, 0.1) is 17.7 Å². The number of nitrogens with zero attached hydrogens (tertiary/aromatic N) is 1. The molecule has 2 N–H and O–H groups in total. The van der Waals surface area contributed by atoms with Crippen molar-refractivity contribution in [3.05, 3.63) is 17.7 Å². The molecule has 1 atom stereocenters. The first-order valence-corrected chi connectivity index (χ1v) is 6.79. The number of aromatic nitrogens is 2. The number of carboxylic acid groups (broad SMARTS) is 1. The van der Waals surface area contributed by atoms with Gasteiger partial charge >= 0.3 is 5.97 Å². The Labute approximate surface area is 92.6 Å². The zero-order valence-corrected chi connectivity index (χ0v) is 9.33. The van der Waals surface area contributed by atoms with E-state index >= 15 is 0 Å². The molecule has 2 heterocycles. The summed E-state index contributed by atoms with van der Waals surface area (Å²) in [7, 11) is -3.00. The summed E-state index contributed by atoms with van der Waals surface area (Å²) in [5, 5.41) is 8.71. The van der Waals surface area contributed by atoms with Crippen molar-refractivity contribution in [2.45, 2.75) is 18.8 Å². The van der Waals surface area contributed by atoms with Gasteiger partial charge in [0, 0.05) is 5.92 Å². The maximum absolute atomic E-state index is 11.4. The minimum Gasteiger partial charge on any atom is -0.477 e. The van der Waals surface area contributed by atoms with E-state index in [9.17, 15) is 13.2 Å². The van der Waals surface area contributed by atoms with Gasteiger partial charge in [-0.15, -0.1) is 0 Å². The van der Waals surface area contributed by atoms with Crippen LogP contribution in [0.2, 0.25) is 0 Å². The number of sulfone groups is 1. The second kappa shape index (κ2) is 3.89. The van der Waals surface area contributed by atoms with Gasteiger partial charge in [-0.3, -0.25) is 0 Å². The number of nitrogens with one attached hydrogen (secondary N) is 1. The largest absolute Gasteiger partial charge is 0.477 e. The minimum absolute atomic E-state index is 0.00188. The molecule has 2 rings (SSSR count). The monoisotopic (exact) mass is 244 g/mol. The molecule has 0 aliphatic carbocycles. The maximum Gasteiger partial charge on any atom is 0.353 e. The van der Waals surface area contributed by atoms with Crippen molar-refractivity contribution in [2.24, 2.45) is 0 Å². The number of aromatic amines is 1. The Morgan fingerprint density at radius 1 is 1.56 bits per heavy atom. The van der Waals surface area contributed by atoms with Crippen LogP contribution in [0.25, 0.3) is 0 Å². The number of imidazole rings is 1. The molecule has 7 heteroatoms. The van der Waals surface area contributed by atoms with Gasteiger partial charge in [0.25, 0.3) is 0 Å². The number of aromatic carboxylic acids is 1. The van der Waals surface area contributed by atoms with E-state index in [2.05, 4.69) is 9.97 Å². The number of H-pyrrole nitrogens is 1. The van der Waals surface area contributed by atoms with Gasteiger partial charge in [-0.2, -0.15) is 0 Å². The van der Waals surface area contributed by atoms with Gasteiger partial charge in [-0.1, -0.05) is 0 Å². The molecule has 1 aromatic heterocycles. The standard InChI is InChI=1S/C9H12N2O4S/c12-9(13)7-4-10-8(11-7)6-2-1-3-16(14,15)5-6/h4,6H,1-3,5H2,(H,10,11)(H,12,13). The SMILES string of the molecule is O=C(O)c1cnc(C2CCCS(=O)(=O)C2)[nH]1. The van der Waals surface area contributed by atoms with Crippen LogP contribution in [0.5, 0.6) is 0 Å². The van der Waals surface area contributed by atoms with Gasteiger partial charge in [0.15, 0.2) is 9.84 Å². The van der Waals surface area contributed by atoms with Crippen LogP contribution in [-0.2, 0) is 9.84 Å². The lowest BCUT2D eigenvalue weighted by atomic mass is 10.1. The van der Waals surface area contributed by atoms with Gasteiger partial charge in [0.1, 0.15) is 11.5 Å². The molecule has 0 radical (unpaired) electrons. The highest BCUT2D eigenvalue weighted by Crippen LogP contribution is 2.26. The Hall–Kier alpha value is -1.37. The lowest BCUT2D eigenvalue weighted by Crippen LogP contribution is -2.24. The van der Waals surface area contributed by atoms with Gasteiger partial charge < -0.3 is 10.1 Å². The Balaban J connectivity index is 2.20. The molecule has 1 unspecified atom stereocenters. The first-order chi connectivity index (χ1) is 7.48. The molecule has 0 saturated carbocycles. The number of carboxylic acids is 1. The molecule has 0 amide bonds. The molecule has 6 nitrogen and oxygen atoms in total. The normalized spacial score (nSPS) is 24.1. The molecular formula is C9H12N2O4S. The average Bonchev–Trinajstić information content (AvgIpc) is 2.64. The minimum atomic E-state index is -3.00. The number of hydrogen-bond acceptors (Lipinski definition) is 4. The third-order valence-corrected chi connectivity index (χ3v) is 4.50. The Kier molecular flexibility index (Phi) is 2.71. The molecule has 1 aliphatic heterocycles. The average molecular weight is 244 g/mol. The lowest BCUT2D eigenvalue weighted by molar-refractivity contribution is 0.0691. The first kappa shape index (κ1) is 11.1. The van der Waals surface area contributed by atoms with E-state index in [1.807, 2.05) is 0 Å². The van der Waals surface area contributed by atoms with E-state index in [4.69, 9.17) is 5.11 Å². The van der Waals surface area contributed by atoms with E-state index < -0.39 is 15.8 Å². The Bertz CT molecular complexity index is 505. The molecule has 0 spiro atoms. The fraction of sp³-hybridized carbons (Fsp3) is 0.556. The third kappa shape index (κ3) is 2.24. The number of carbonyl (C=O) groups is 1. The summed E-state index contributed by atoms with van der Waals surface area (Å²) in [5.41, 5.74) is -0.00188. The van der Waals surface area contributed by atoms with Crippen molar-refractivity contribution in [2.75, 3.05) is 11.5 Å². The summed E-state index contributed by atoms with van der Waals surface area (Å²) in [4.78, 5) is 17.2. The fourth-order valence-electron chi connectivity index (χ4n) is 1.89. The van der Waals surface area contributed by atoms with Crippen LogP contribution in [0.1, 0.15) is 35.1 Å². The van der Waals surface area contributed by atoms with Crippen LogP contribution in [0.4, 0.5) is 0 Å². The van der Waals surface area contributed by atoms with Gasteiger partial charge in [-0.05, 0) is 12.8 Å². The highest BCUT2D eigenvalue weighted by atomic mass is 32.2. The molecule has 88 valence electrons. The first-order valence-electron chi connectivity index (χ1n) is 4.96. The molecule has 0 aromatic carbocycles. The number of hydrogen-bond donors (Lipinski definition) is 2. The molecule has 1 aromatic rings. The second-order valence-electron chi connectivity index (χ2n) is 3.94. The van der Waals surface area contributed by atoms with Crippen LogP contribution >= 0.6 is 0 Å². The summed E-state index contributed by atoms with van der Waals surface area (Å²) < 4.78 is 22.8. The molecule has 1 fully saturated rings. The smallest absolute Gasteiger partial charge is 0.353 e.